The van der Waals surface area contributed by atoms with Gasteiger partial charge in [0.15, 0.2) is 0 Å². The van der Waals surface area contributed by atoms with E-state index in [-0.39, 0.29) is 35.2 Å². The highest BCUT2D eigenvalue weighted by molar-refractivity contribution is 7.94. The molecule has 0 saturated carbocycles. The number of rotatable bonds is 4. The Morgan fingerprint density at radius 2 is 1.41 bits per heavy atom. The van der Waals surface area contributed by atoms with E-state index < -0.39 is 31.4 Å². The highest BCUT2D eigenvalue weighted by Crippen LogP contribution is 2.36. The third kappa shape index (κ3) is 4.00. The maximum atomic E-state index is 13.1. The Bertz CT molecular complexity index is 1240. The van der Waals surface area contributed by atoms with Crippen LogP contribution in [0.3, 0.4) is 0 Å². The zero-order valence-electron chi connectivity index (χ0n) is 17.7. The molecule has 0 bridgehead atoms. The van der Waals surface area contributed by atoms with Crippen molar-refractivity contribution in [2.24, 2.45) is 5.41 Å². The Morgan fingerprint density at radius 3 is 1.91 bits per heavy atom. The summed E-state index contributed by atoms with van der Waals surface area (Å²) >= 11 is 0. The average molecular weight is 482 g/mol. The number of nitrogens with zero attached hydrogens (tertiary/aromatic N) is 3. The third-order valence-corrected chi connectivity index (χ3v) is 9.66. The fourth-order valence-corrected chi connectivity index (χ4v) is 7.53. The van der Waals surface area contributed by atoms with Crippen LogP contribution in [-0.4, -0.2) is 59.0 Å². The Kier molecular flexibility index (Phi) is 5.54. The van der Waals surface area contributed by atoms with Crippen molar-refractivity contribution in [3.8, 4) is 0 Å². The molecule has 0 N–H and O–H groups in total. The number of piperazine rings is 1. The van der Waals surface area contributed by atoms with Crippen LogP contribution in [0.25, 0.3) is 0 Å². The topological polar surface area (TPSA) is 95.1 Å². The number of hydrogen-bond acceptors (Lipinski definition) is 6. The highest BCUT2D eigenvalue weighted by Gasteiger charge is 2.49. The first-order valence-electron chi connectivity index (χ1n) is 10.1. The van der Waals surface area contributed by atoms with Crippen LogP contribution in [0.15, 0.2) is 53.4 Å². The van der Waals surface area contributed by atoms with Crippen LogP contribution >= 0.6 is 0 Å². The lowest BCUT2D eigenvalue weighted by atomic mass is 9.95. The number of carbonyl (C=O) groups excluding carboxylic acids is 1. The second kappa shape index (κ2) is 7.82. The predicted octanol–water partition coefficient (Wildman–Crippen LogP) is 2.04. The van der Waals surface area contributed by atoms with Crippen LogP contribution < -0.4 is 9.21 Å². The van der Waals surface area contributed by atoms with Gasteiger partial charge in [-0.3, -0.25) is 4.79 Å². The van der Waals surface area contributed by atoms with Crippen LogP contribution in [0.1, 0.15) is 13.8 Å². The number of amides is 1. The molecule has 2 aromatic carbocycles. The summed E-state index contributed by atoms with van der Waals surface area (Å²) < 4.78 is 66.2. The molecule has 11 heteroatoms. The van der Waals surface area contributed by atoms with Crippen LogP contribution in [0.2, 0.25) is 0 Å². The number of carbonyl (C=O) groups is 1. The van der Waals surface area contributed by atoms with Gasteiger partial charge in [0.1, 0.15) is 5.82 Å². The summed E-state index contributed by atoms with van der Waals surface area (Å²) in [6.45, 7) is 4.56. The Hall–Kier alpha value is -2.50. The number of hydrogen-bond donors (Lipinski definition) is 0. The van der Waals surface area contributed by atoms with Gasteiger partial charge in [-0.05, 0) is 62.4 Å². The van der Waals surface area contributed by atoms with E-state index in [1.807, 2.05) is 4.90 Å². The van der Waals surface area contributed by atoms with Gasteiger partial charge < -0.3 is 4.90 Å². The van der Waals surface area contributed by atoms with E-state index in [2.05, 4.69) is 0 Å². The van der Waals surface area contributed by atoms with Gasteiger partial charge in [-0.2, -0.15) is 4.31 Å². The summed E-state index contributed by atoms with van der Waals surface area (Å²) in [5.41, 5.74) is -0.0822. The second-order valence-corrected chi connectivity index (χ2v) is 12.3. The first kappa shape index (κ1) is 22.7. The molecular formula is C21H24FN3O5S2. The van der Waals surface area contributed by atoms with Crippen molar-refractivity contribution in [2.45, 2.75) is 18.7 Å². The van der Waals surface area contributed by atoms with E-state index >= 15 is 0 Å². The molecule has 172 valence electrons. The zero-order chi connectivity index (χ0) is 23.3. The zero-order valence-corrected chi connectivity index (χ0v) is 19.4. The summed E-state index contributed by atoms with van der Waals surface area (Å²) in [6, 6.07) is 11.4. The van der Waals surface area contributed by atoms with E-state index in [1.165, 1.54) is 40.7 Å². The van der Waals surface area contributed by atoms with Gasteiger partial charge in [0.25, 0.3) is 0 Å². The molecule has 0 aromatic heterocycles. The Labute approximate surface area is 187 Å². The van der Waals surface area contributed by atoms with Crippen molar-refractivity contribution in [1.82, 2.24) is 4.31 Å². The molecule has 1 amide bonds. The quantitative estimate of drug-likeness (QED) is 0.663. The van der Waals surface area contributed by atoms with Gasteiger partial charge in [-0.25, -0.2) is 25.5 Å². The number of anilines is 2. The molecule has 2 saturated heterocycles. The van der Waals surface area contributed by atoms with Crippen molar-refractivity contribution in [3.05, 3.63) is 54.3 Å². The van der Waals surface area contributed by atoms with Crippen molar-refractivity contribution < 1.29 is 26.0 Å². The number of halogens is 1. The largest absolute Gasteiger partial charge is 0.369 e. The molecule has 2 heterocycles. The van der Waals surface area contributed by atoms with Crippen LogP contribution in [0, 0.1) is 11.2 Å². The standard InChI is InChI=1S/C21H24FN3O5S2/c1-21(2)15-31(27,28)25(20(21)26)18-7-9-19(10-8-18)32(29,30)24-13-11-23(12-14-24)17-5-3-16(22)4-6-17/h3-10H,11-15H2,1-2H3. The molecular weight excluding hydrogens is 457 g/mol. The Balaban J connectivity index is 1.49. The highest BCUT2D eigenvalue weighted by atomic mass is 32.2. The molecule has 0 radical (unpaired) electrons. The van der Waals surface area contributed by atoms with E-state index in [0.29, 0.717) is 13.1 Å². The van der Waals surface area contributed by atoms with Crippen LogP contribution in [0.4, 0.5) is 15.8 Å². The molecule has 0 spiro atoms. The van der Waals surface area contributed by atoms with Crippen molar-refractivity contribution in [1.29, 1.82) is 0 Å². The molecule has 4 rings (SSSR count). The van der Waals surface area contributed by atoms with Crippen molar-refractivity contribution >= 4 is 37.3 Å². The first-order valence-corrected chi connectivity index (χ1v) is 13.1. The summed E-state index contributed by atoms with van der Waals surface area (Å²) in [5, 5.41) is 0. The van der Waals surface area contributed by atoms with E-state index in [9.17, 15) is 26.0 Å². The van der Waals surface area contributed by atoms with Gasteiger partial charge in [-0.15, -0.1) is 0 Å². The molecule has 2 aromatic rings. The average Bonchev–Trinajstić information content (AvgIpc) is 2.91. The molecule has 0 unspecified atom stereocenters. The first-order chi connectivity index (χ1) is 14.9. The summed E-state index contributed by atoms with van der Waals surface area (Å²) in [5.74, 6) is -1.16. The molecule has 2 aliphatic heterocycles. The van der Waals surface area contributed by atoms with Gasteiger partial charge in [0.2, 0.25) is 26.0 Å². The molecule has 2 aliphatic rings. The van der Waals surface area contributed by atoms with Gasteiger partial charge in [-0.1, -0.05) is 0 Å². The fraction of sp³-hybridized carbons (Fsp3) is 0.381. The Morgan fingerprint density at radius 1 is 0.875 bits per heavy atom. The van der Waals surface area contributed by atoms with E-state index in [0.717, 1.165) is 9.99 Å². The number of sulfonamides is 2. The van der Waals surface area contributed by atoms with Crippen LogP contribution in [0.5, 0.6) is 0 Å². The van der Waals surface area contributed by atoms with E-state index in [1.54, 1.807) is 26.0 Å². The predicted molar refractivity (Wildman–Crippen MR) is 119 cm³/mol. The maximum Gasteiger partial charge on any atom is 0.247 e. The van der Waals surface area contributed by atoms with Crippen molar-refractivity contribution in [2.75, 3.05) is 41.1 Å². The lowest BCUT2D eigenvalue weighted by Crippen LogP contribution is -2.48. The SMILES string of the molecule is CC1(C)CS(=O)(=O)N(c2ccc(S(=O)(=O)N3CCN(c4ccc(F)cc4)CC3)cc2)C1=O. The number of benzene rings is 2. The molecule has 2 fully saturated rings. The monoisotopic (exact) mass is 481 g/mol. The van der Waals surface area contributed by atoms with E-state index in [4.69, 9.17) is 0 Å². The molecule has 0 atom stereocenters. The summed E-state index contributed by atoms with van der Waals surface area (Å²) in [4.78, 5) is 14.5. The van der Waals surface area contributed by atoms with Crippen LogP contribution in [-0.2, 0) is 24.8 Å². The summed E-state index contributed by atoms with van der Waals surface area (Å²) in [6.07, 6.45) is 0. The lowest BCUT2D eigenvalue weighted by Gasteiger charge is -2.35. The summed E-state index contributed by atoms with van der Waals surface area (Å²) in [7, 11) is -7.59. The van der Waals surface area contributed by atoms with Crippen molar-refractivity contribution in [3.63, 3.8) is 0 Å². The van der Waals surface area contributed by atoms with Gasteiger partial charge >= 0.3 is 0 Å². The second-order valence-electron chi connectivity index (χ2n) is 8.57. The molecule has 0 aliphatic carbocycles. The lowest BCUT2D eigenvalue weighted by molar-refractivity contribution is -0.123. The molecule has 32 heavy (non-hydrogen) atoms. The third-order valence-electron chi connectivity index (χ3n) is 5.72. The minimum Gasteiger partial charge on any atom is -0.369 e. The fourth-order valence-electron chi connectivity index (χ4n) is 4.00. The van der Waals surface area contributed by atoms with Gasteiger partial charge in [0, 0.05) is 31.9 Å². The van der Waals surface area contributed by atoms with Gasteiger partial charge in [0.05, 0.1) is 21.8 Å². The smallest absolute Gasteiger partial charge is 0.247 e. The minimum atomic E-state index is -3.81. The maximum absolute atomic E-state index is 13.1. The minimum absolute atomic E-state index is 0.0276. The molecule has 8 nitrogen and oxygen atoms in total. The normalized spacial score (nSPS) is 21.2.